The van der Waals surface area contributed by atoms with Crippen molar-refractivity contribution in [1.82, 2.24) is 4.31 Å². The molecule has 2 aromatic rings. The number of anilines is 1. The Bertz CT molecular complexity index is 940. The highest BCUT2D eigenvalue weighted by molar-refractivity contribution is 9.10. The van der Waals surface area contributed by atoms with E-state index in [2.05, 4.69) is 28.2 Å². The summed E-state index contributed by atoms with van der Waals surface area (Å²) in [7, 11) is -3.76. The minimum absolute atomic E-state index is 0.0700. The molecular weight excluding hydrogens is 435 g/mol. The largest absolute Gasteiger partial charge is 0.322 e. The van der Waals surface area contributed by atoms with Gasteiger partial charge in [-0.3, -0.25) is 4.79 Å². The lowest BCUT2D eigenvalue weighted by atomic mass is 10.0. The smallest absolute Gasteiger partial charge is 0.258 e. The number of carbonyl (C=O) groups excluding carboxylic acids is 1. The van der Waals surface area contributed by atoms with Crippen molar-refractivity contribution in [1.29, 1.82) is 0 Å². The van der Waals surface area contributed by atoms with Crippen LogP contribution in [0.2, 0.25) is 0 Å². The molecule has 0 spiro atoms. The highest BCUT2D eigenvalue weighted by atomic mass is 79.9. The fraction of sp³-hybridized carbons (Fsp3) is 0.316. The van der Waals surface area contributed by atoms with Gasteiger partial charge in [-0.25, -0.2) is 12.8 Å². The maximum atomic E-state index is 14.2. The average Bonchev–Trinajstić information content (AvgIpc) is 2.64. The number of hydrogen-bond acceptors (Lipinski definition) is 3. The van der Waals surface area contributed by atoms with E-state index in [4.69, 9.17) is 0 Å². The van der Waals surface area contributed by atoms with Gasteiger partial charge in [-0.05, 0) is 61.2 Å². The van der Waals surface area contributed by atoms with Crippen molar-refractivity contribution >= 4 is 37.5 Å². The average molecular weight is 455 g/mol. The summed E-state index contributed by atoms with van der Waals surface area (Å²) < 4.78 is 42.1. The Morgan fingerprint density at radius 3 is 2.41 bits per heavy atom. The van der Waals surface area contributed by atoms with Gasteiger partial charge in [0.25, 0.3) is 5.91 Å². The van der Waals surface area contributed by atoms with Crippen LogP contribution in [-0.2, 0) is 10.0 Å². The first-order valence-corrected chi connectivity index (χ1v) is 10.9. The maximum absolute atomic E-state index is 14.2. The van der Waals surface area contributed by atoms with Gasteiger partial charge in [-0.15, -0.1) is 0 Å². The molecule has 0 radical (unpaired) electrons. The monoisotopic (exact) mass is 454 g/mol. The molecule has 1 fully saturated rings. The molecule has 1 saturated heterocycles. The molecule has 1 N–H and O–H groups in total. The number of halogens is 2. The Balaban J connectivity index is 1.85. The van der Waals surface area contributed by atoms with Gasteiger partial charge in [0.1, 0.15) is 5.82 Å². The molecule has 144 valence electrons. The Labute approximate surface area is 166 Å². The van der Waals surface area contributed by atoms with E-state index in [0.29, 0.717) is 24.7 Å². The van der Waals surface area contributed by atoms with E-state index in [0.717, 1.165) is 29.4 Å². The van der Waals surface area contributed by atoms with Crippen LogP contribution in [0, 0.1) is 11.7 Å². The van der Waals surface area contributed by atoms with Crippen molar-refractivity contribution in [2.24, 2.45) is 5.92 Å². The predicted molar refractivity (Wildman–Crippen MR) is 106 cm³/mol. The minimum atomic E-state index is -3.76. The zero-order valence-electron chi connectivity index (χ0n) is 14.8. The van der Waals surface area contributed by atoms with Crippen molar-refractivity contribution in [2.75, 3.05) is 18.4 Å². The van der Waals surface area contributed by atoms with Gasteiger partial charge >= 0.3 is 0 Å². The summed E-state index contributed by atoms with van der Waals surface area (Å²) in [5, 5.41) is 2.58. The molecule has 0 atom stereocenters. The number of carbonyl (C=O) groups is 1. The predicted octanol–water partition coefficient (Wildman–Crippen LogP) is 4.26. The van der Waals surface area contributed by atoms with Crippen LogP contribution in [0.1, 0.15) is 30.1 Å². The van der Waals surface area contributed by atoms with Crippen LogP contribution < -0.4 is 5.32 Å². The normalized spacial score (nSPS) is 16.3. The zero-order valence-corrected chi connectivity index (χ0v) is 17.2. The van der Waals surface area contributed by atoms with Crippen LogP contribution in [0.3, 0.4) is 0 Å². The van der Waals surface area contributed by atoms with E-state index in [1.54, 1.807) is 24.3 Å². The van der Waals surface area contributed by atoms with Gasteiger partial charge in [-0.2, -0.15) is 4.31 Å². The summed E-state index contributed by atoms with van der Waals surface area (Å²) in [6, 6.07) is 10.1. The zero-order chi connectivity index (χ0) is 19.6. The summed E-state index contributed by atoms with van der Waals surface area (Å²) in [5.74, 6) is -0.980. The first-order chi connectivity index (χ1) is 12.8. The number of piperidine rings is 1. The number of benzene rings is 2. The third kappa shape index (κ3) is 4.56. The standard InChI is InChI=1S/C19H20BrFN2O3S/c1-13-8-10-23(11-9-13)27(25,26)16-6-7-18(21)17(12-16)19(24)22-15-4-2-14(20)3-5-15/h2-7,12-13H,8-11H2,1H3,(H,22,24). The fourth-order valence-corrected chi connectivity index (χ4v) is 4.71. The maximum Gasteiger partial charge on any atom is 0.258 e. The summed E-state index contributed by atoms with van der Waals surface area (Å²) in [6.45, 7) is 2.95. The molecule has 27 heavy (non-hydrogen) atoms. The van der Waals surface area contributed by atoms with Gasteiger partial charge in [-0.1, -0.05) is 22.9 Å². The number of hydrogen-bond donors (Lipinski definition) is 1. The third-order valence-electron chi connectivity index (χ3n) is 4.66. The van der Waals surface area contributed by atoms with Gasteiger partial charge in [0.15, 0.2) is 0 Å². The lowest BCUT2D eigenvalue weighted by molar-refractivity contribution is 0.102. The topological polar surface area (TPSA) is 66.5 Å². The quantitative estimate of drug-likeness (QED) is 0.750. The molecule has 1 aliphatic rings. The lowest BCUT2D eigenvalue weighted by Gasteiger charge is -2.29. The van der Waals surface area contributed by atoms with E-state index >= 15 is 0 Å². The van der Waals surface area contributed by atoms with Crippen molar-refractivity contribution in [3.63, 3.8) is 0 Å². The molecule has 2 aromatic carbocycles. The number of nitrogens with zero attached hydrogens (tertiary/aromatic N) is 1. The molecule has 3 rings (SSSR count). The molecule has 5 nitrogen and oxygen atoms in total. The van der Waals surface area contributed by atoms with Crippen LogP contribution in [-0.4, -0.2) is 31.7 Å². The van der Waals surface area contributed by atoms with E-state index in [1.807, 2.05) is 0 Å². The van der Waals surface area contributed by atoms with Crippen molar-refractivity contribution in [2.45, 2.75) is 24.7 Å². The molecule has 0 unspecified atom stereocenters. The SMILES string of the molecule is CC1CCN(S(=O)(=O)c2ccc(F)c(C(=O)Nc3ccc(Br)cc3)c2)CC1. The number of amides is 1. The highest BCUT2D eigenvalue weighted by Crippen LogP contribution is 2.25. The lowest BCUT2D eigenvalue weighted by Crippen LogP contribution is -2.38. The minimum Gasteiger partial charge on any atom is -0.322 e. The van der Waals surface area contributed by atoms with Crippen LogP contribution in [0.4, 0.5) is 10.1 Å². The van der Waals surface area contributed by atoms with Crippen molar-refractivity contribution < 1.29 is 17.6 Å². The molecule has 0 aromatic heterocycles. The Kier molecular flexibility index (Phi) is 5.98. The van der Waals surface area contributed by atoms with Crippen molar-refractivity contribution in [3.05, 3.63) is 58.3 Å². The summed E-state index contributed by atoms with van der Waals surface area (Å²) in [4.78, 5) is 12.4. The molecule has 0 aliphatic carbocycles. The Hall–Kier alpha value is -1.77. The molecule has 0 bridgehead atoms. The van der Waals surface area contributed by atoms with Crippen LogP contribution in [0.5, 0.6) is 0 Å². The second-order valence-electron chi connectivity index (χ2n) is 6.69. The summed E-state index contributed by atoms with van der Waals surface area (Å²) in [5.41, 5.74) is 0.185. The molecule has 1 heterocycles. The molecule has 0 saturated carbocycles. The molecule has 1 aliphatic heterocycles. The molecule has 8 heteroatoms. The highest BCUT2D eigenvalue weighted by Gasteiger charge is 2.29. The second-order valence-corrected chi connectivity index (χ2v) is 9.54. The van der Waals surface area contributed by atoms with E-state index in [-0.39, 0.29) is 10.5 Å². The van der Waals surface area contributed by atoms with Crippen LogP contribution >= 0.6 is 15.9 Å². The second kappa shape index (κ2) is 8.08. The Morgan fingerprint density at radius 2 is 1.78 bits per heavy atom. The summed E-state index contributed by atoms with van der Waals surface area (Å²) >= 11 is 3.30. The summed E-state index contributed by atoms with van der Waals surface area (Å²) in [6.07, 6.45) is 1.58. The molecule has 1 amide bonds. The molecular formula is C19H20BrFN2O3S. The van der Waals surface area contributed by atoms with Gasteiger partial charge in [0.05, 0.1) is 10.5 Å². The van der Waals surface area contributed by atoms with Gasteiger partial charge in [0, 0.05) is 23.2 Å². The first kappa shape index (κ1) is 20.0. The Morgan fingerprint density at radius 1 is 1.15 bits per heavy atom. The first-order valence-electron chi connectivity index (χ1n) is 8.64. The number of sulfonamides is 1. The number of rotatable bonds is 4. The third-order valence-corrected chi connectivity index (χ3v) is 7.09. The van der Waals surface area contributed by atoms with E-state index in [9.17, 15) is 17.6 Å². The number of nitrogens with one attached hydrogen (secondary N) is 1. The van der Waals surface area contributed by atoms with E-state index in [1.165, 1.54) is 10.4 Å². The van der Waals surface area contributed by atoms with Crippen LogP contribution in [0.25, 0.3) is 0 Å². The fourth-order valence-electron chi connectivity index (χ4n) is 2.94. The van der Waals surface area contributed by atoms with Gasteiger partial charge in [0.2, 0.25) is 10.0 Å². The van der Waals surface area contributed by atoms with Crippen molar-refractivity contribution in [3.8, 4) is 0 Å². The van der Waals surface area contributed by atoms with Crippen LogP contribution in [0.15, 0.2) is 51.8 Å². The van der Waals surface area contributed by atoms with Gasteiger partial charge < -0.3 is 5.32 Å². The van der Waals surface area contributed by atoms with E-state index < -0.39 is 21.7 Å².